The van der Waals surface area contributed by atoms with Gasteiger partial charge in [0.05, 0.1) is 6.42 Å². The van der Waals surface area contributed by atoms with Gasteiger partial charge < -0.3 is 15.2 Å². The second-order valence-corrected chi connectivity index (χ2v) is 8.36. The highest BCUT2D eigenvalue weighted by molar-refractivity contribution is 5.96. The van der Waals surface area contributed by atoms with Gasteiger partial charge in [0.2, 0.25) is 0 Å². The highest BCUT2D eigenvalue weighted by Crippen LogP contribution is 2.44. The van der Waals surface area contributed by atoms with Crippen LogP contribution >= 0.6 is 0 Å². The maximum Gasteiger partial charge on any atom is 0.411 e. The van der Waals surface area contributed by atoms with Crippen molar-refractivity contribution in [2.75, 3.05) is 11.9 Å². The number of fused-ring (bicyclic) bond motifs is 3. The predicted octanol–water partition coefficient (Wildman–Crippen LogP) is 5.17. The van der Waals surface area contributed by atoms with Gasteiger partial charge in [-0.2, -0.15) is 0 Å². The third-order valence-corrected chi connectivity index (χ3v) is 6.00. The molecule has 0 fully saturated rings. The molecule has 1 atom stereocenters. The summed E-state index contributed by atoms with van der Waals surface area (Å²) in [4.78, 5) is 36.0. The maximum atomic E-state index is 14.2. The van der Waals surface area contributed by atoms with Gasteiger partial charge in [0.15, 0.2) is 0 Å². The minimum Gasteiger partial charge on any atom is -0.481 e. The molecule has 0 saturated carbocycles. The molecule has 4 rings (SSSR count). The average molecular weight is 477 g/mol. The van der Waals surface area contributed by atoms with Crippen molar-refractivity contribution in [1.29, 1.82) is 0 Å². The first-order valence-electron chi connectivity index (χ1n) is 11.3. The standard InChI is InChI=1S/C27H25FN2O5/c1-2-18(14-25(31)32)29-26(33)16-11-17(28)13-19(12-16)30-27(34)35-15-24-22-9-5-3-7-20(22)21-8-4-6-10-23(21)24/h3-13,18,24H,2,14-15H2,1H3,(H,29,33)(H,30,34)(H,31,32)/t18-/m1/s1. The number of anilines is 1. The van der Waals surface area contributed by atoms with Gasteiger partial charge in [-0.15, -0.1) is 0 Å². The van der Waals surface area contributed by atoms with Gasteiger partial charge >= 0.3 is 12.1 Å². The molecule has 8 heteroatoms. The lowest BCUT2D eigenvalue weighted by atomic mass is 9.98. The Hall–Kier alpha value is -4.20. The number of amides is 2. The van der Waals surface area contributed by atoms with E-state index >= 15 is 0 Å². The molecule has 1 aliphatic carbocycles. The number of ether oxygens (including phenoxy) is 1. The van der Waals surface area contributed by atoms with E-state index in [9.17, 15) is 18.8 Å². The zero-order chi connectivity index (χ0) is 24.9. The van der Waals surface area contributed by atoms with Crippen molar-refractivity contribution in [2.24, 2.45) is 0 Å². The molecule has 0 spiro atoms. The third kappa shape index (κ3) is 5.48. The van der Waals surface area contributed by atoms with Crippen molar-refractivity contribution in [2.45, 2.75) is 31.7 Å². The largest absolute Gasteiger partial charge is 0.481 e. The molecular formula is C27H25FN2O5. The molecule has 3 aromatic carbocycles. The van der Waals surface area contributed by atoms with Gasteiger partial charge in [0.1, 0.15) is 12.4 Å². The fourth-order valence-electron chi connectivity index (χ4n) is 4.32. The predicted molar refractivity (Wildman–Crippen MR) is 129 cm³/mol. The van der Waals surface area contributed by atoms with Crippen LogP contribution in [0.25, 0.3) is 11.1 Å². The van der Waals surface area contributed by atoms with Crippen LogP contribution in [0.4, 0.5) is 14.9 Å². The van der Waals surface area contributed by atoms with Crippen molar-refractivity contribution in [3.05, 3.63) is 89.2 Å². The van der Waals surface area contributed by atoms with Crippen LogP contribution in [0.15, 0.2) is 66.7 Å². The number of halogens is 1. The molecular weight excluding hydrogens is 451 g/mol. The van der Waals surface area contributed by atoms with E-state index in [-0.39, 0.29) is 30.2 Å². The fourth-order valence-corrected chi connectivity index (χ4v) is 4.32. The Balaban J connectivity index is 1.42. The Bertz CT molecular complexity index is 1230. The van der Waals surface area contributed by atoms with Crippen LogP contribution in [-0.4, -0.2) is 35.7 Å². The number of carboxylic acid groups (broad SMARTS) is 1. The van der Waals surface area contributed by atoms with Crippen LogP contribution in [0.3, 0.4) is 0 Å². The van der Waals surface area contributed by atoms with Gasteiger partial charge in [0.25, 0.3) is 5.91 Å². The summed E-state index contributed by atoms with van der Waals surface area (Å²) in [6, 6.07) is 18.7. The minimum absolute atomic E-state index is 0.0391. The molecule has 180 valence electrons. The molecule has 0 unspecified atom stereocenters. The van der Waals surface area contributed by atoms with Crippen LogP contribution < -0.4 is 10.6 Å². The number of hydrogen-bond donors (Lipinski definition) is 3. The first kappa shape index (κ1) is 23.9. The smallest absolute Gasteiger partial charge is 0.411 e. The summed E-state index contributed by atoms with van der Waals surface area (Å²) in [6.45, 7) is 1.83. The zero-order valence-corrected chi connectivity index (χ0v) is 19.1. The molecule has 0 aromatic heterocycles. The van der Waals surface area contributed by atoms with E-state index in [1.807, 2.05) is 48.5 Å². The molecule has 2 amide bonds. The second-order valence-electron chi connectivity index (χ2n) is 8.36. The molecule has 0 bridgehead atoms. The number of carboxylic acids is 1. The van der Waals surface area contributed by atoms with Crippen molar-refractivity contribution in [3.8, 4) is 11.1 Å². The van der Waals surface area contributed by atoms with Crippen LogP contribution in [0.5, 0.6) is 0 Å². The Morgan fingerprint density at radius 2 is 1.63 bits per heavy atom. The first-order valence-corrected chi connectivity index (χ1v) is 11.3. The molecule has 3 aromatic rings. The van der Waals surface area contributed by atoms with Gasteiger partial charge in [-0.25, -0.2) is 9.18 Å². The van der Waals surface area contributed by atoms with Gasteiger partial charge in [0, 0.05) is 23.2 Å². The highest BCUT2D eigenvalue weighted by Gasteiger charge is 2.29. The molecule has 1 aliphatic rings. The molecule has 35 heavy (non-hydrogen) atoms. The van der Waals surface area contributed by atoms with E-state index in [0.29, 0.717) is 6.42 Å². The van der Waals surface area contributed by atoms with Crippen LogP contribution in [0.2, 0.25) is 0 Å². The maximum absolute atomic E-state index is 14.2. The van der Waals surface area contributed by atoms with Crippen molar-refractivity contribution in [1.82, 2.24) is 5.32 Å². The number of benzene rings is 3. The van der Waals surface area contributed by atoms with E-state index < -0.39 is 29.8 Å². The minimum atomic E-state index is -1.05. The summed E-state index contributed by atoms with van der Waals surface area (Å²) in [6.07, 6.45) is -0.623. The highest BCUT2D eigenvalue weighted by atomic mass is 19.1. The van der Waals surface area contributed by atoms with Crippen molar-refractivity contribution < 1.29 is 28.6 Å². The van der Waals surface area contributed by atoms with Crippen LogP contribution in [0.1, 0.15) is 47.2 Å². The van der Waals surface area contributed by atoms with Crippen molar-refractivity contribution >= 4 is 23.7 Å². The lowest BCUT2D eigenvalue weighted by molar-refractivity contribution is -0.137. The lowest BCUT2D eigenvalue weighted by Gasteiger charge is -2.16. The molecule has 0 aliphatic heterocycles. The number of aliphatic carboxylic acids is 1. The zero-order valence-electron chi connectivity index (χ0n) is 19.1. The van der Waals surface area contributed by atoms with Crippen LogP contribution in [0, 0.1) is 5.82 Å². The van der Waals surface area contributed by atoms with Gasteiger partial charge in [-0.05, 0) is 46.9 Å². The topological polar surface area (TPSA) is 105 Å². The monoisotopic (exact) mass is 476 g/mol. The van der Waals surface area contributed by atoms with E-state index in [0.717, 1.165) is 34.4 Å². The second kappa shape index (κ2) is 10.4. The summed E-state index contributed by atoms with van der Waals surface area (Å²) in [5, 5.41) is 14.0. The van der Waals surface area contributed by atoms with Gasteiger partial charge in [-0.1, -0.05) is 55.5 Å². The number of carbonyl (C=O) groups excluding carboxylic acids is 2. The van der Waals surface area contributed by atoms with E-state index in [2.05, 4.69) is 10.6 Å². The summed E-state index contributed by atoms with van der Waals surface area (Å²) < 4.78 is 19.6. The van der Waals surface area contributed by atoms with Crippen LogP contribution in [-0.2, 0) is 9.53 Å². The number of rotatable bonds is 8. The first-order chi connectivity index (χ1) is 16.9. The average Bonchev–Trinajstić information content (AvgIpc) is 3.15. The van der Waals surface area contributed by atoms with Gasteiger partial charge in [-0.3, -0.25) is 14.9 Å². The molecule has 0 saturated heterocycles. The SMILES string of the molecule is CC[C@H](CC(=O)O)NC(=O)c1cc(F)cc(NC(=O)OCC2c3ccccc3-c3ccccc32)c1. The summed E-state index contributed by atoms with van der Waals surface area (Å²) in [7, 11) is 0. The number of carbonyl (C=O) groups is 3. The Labute approximate surface area is 201 Å². The lowest BCUT2D eigenvalue weighted by Crippen LogP contribution is -2.36. The third-order valence-electron chi connectivity index (χ3n) is 6.00. The van der Waals surface area contributed by atoms with E-state index in [4.69, 9.17) is 9.84 Å². The summed E-state index contributed by atoms with van der Waals surface area (Å²) in [5.74, 6) is -2.53. The summed E-state index contributed by atoms with van der Waals surface area (Å²) >= 11 is 0. The summed E-state index contributed by atoms with van der Waals surface area (Å²) in [5.41, 5.74) is 4.36. The quantitative estimate of drug-likeness (QED) is 0.416. The van der Waals surface area contributed by atoms with E-state index in [1.165, 1.54) is 6.07 Å². The fraction of sp³-hybridized carbons (Fsp3) is 0.222. The number of nitrogens with one attached hydrogen (secondary N) is 2. The Kier molecular flexibility index (Phi) is 7.10. The Morgan fingerprint density at radius 3 is 2.23 bits per heavy atom. The molecule has 3 N–H and O–H groups in total. The normalized spacial score (nSPS) is 12.9. The number of hydrogen-bond acceptors (Lipinski definition) is 4. The molecule has 0 radical (unpaired) electrons. The molecule has 0 heterocycles. The molecule has 7 nitrogen and oxygen atoms in total. The Morgan fingerprint density at radius 1 is 1.00 bits per heavy atom. The van der Waals surface area contributed by atoms with Crippen molar-refractivity contribution in [3.63, 3.8) is 0 Å². The van der Waals surface area contributed by atoms with E-state index in [1.54, 1.807) is 6.92 Å².